The molecule has 4 nitrogen and oxygen atoms in total. The van der Waals surface area contributed by atoms with Crippen molar-refractivity contribution in [3.05, 3.63) is 30.8 Å². The summed E-state index contributed by atoms with van der Waals surface area (Å²) < 4.78 is 7.00. The molecule has 1 rings (SSSR count). The standard InChI is InChI=1S/C12H21N3O/c1-4-16-7-5-6-13-8-12-9-14-15(10-12)11(2)3/h4,9-11,13H,1,5-8H2,2-3H3. The summed E-state index contributed by atoms with van der Waals surface area (Å²) in [5.41, 5.74) is 1.22. The fourth-order valence-electron chi connectivity index (χ4n) is 1.35. The van der Waals surface area contributed by atoms with Gasteiger partial charge in [0.1, 0.15) is 0 Å². The lowest BCUT2D eigenvalue weighted by Crippen LogP contribution is -2.15. The first-order chi connectivity index (χ1) is 7.74. The predicted molar refractivity (Wildman–Crippen MR) is 65.1 cm³/mol. The molecule has 1 heterocycles. The van der Waals surface area contributed by atoms with Gasteiger partial charge in [-0.3, -0.25) is 4.68 Å². The Morgan fingerprint density at radius 3 is 3.06 bits per heavy atom. The second kappa shape index (κ2) is 7.06. The summed E-state index contributed by atoms with van der Waals surface area (Å²) in [5, 5.41) is 7.63. The van der Waals surface area contributed by atoms with Crippen molar-refractivity contribution in [2.45, 2.75) is 32.9 Å². The molecule has 4 heteroatoms. The van der Waals surface area contributed by atoms with Gasteiger partial charge in [-0.1, -0.05) is 6.58 Å². The SMILES string of the molecule is C=COCCCNCc1cnn(C(C)C)c1. The number of nitrogens with one attached hydrogen (secondary N) is 1. The first-order valence-corrected chi connectivity index (χ1v) is 5.70. The van der Waals surface area contributed by atoms with E-state index in [1.807, 2.05) is 10.9 Å². The molecule has 0 aliphatic heterocycles. The zero-order valence-electron chi connectivity index (χ0n) is 10.1. The molecule has 1 aromatic rings. The minimum absolute atomic E-state index is 0.426. The Morgan fingerprint density at radius 2 is 2.44 bits per heavy atom. The van der Waals surface area contributed by atoms with Crippen molar-refractivity contribution in [1.82, 2.24) is 15.1 Å². The molecular weight excluding hydrogens is 202 g/mol. The van der Waals surface area contributed by atoms with Crippen molar-refractivity contribution in [3.8, 4) is 0 Å². The molecule has 0 aromatic carbocycles. The Bertz CT molecular complexity index is 307. The molecule has 0 amide bonds. The van der Waals surface area contributed by atoms with Crippen LogP contribution >= 0.6 is 0 Å². The number of hydrogen-bond acceptors (Lipinski definition) is 3. The molecule has 0 saturated heterocycles. The monoisotopic (exact) mass is 223 g/mol. The lowest BCUT2D eigenvalue weighted by Gasteiger charge is -2.04. The topological polar surface area (TPSA) is 39.1 Å². The Labute approximate surface area is 97.3 Å². The molecule has 0 aliphatic carbocycles. The zero-order valence-corrected chi connectivity index (χ0v) is 10.1. The van der Waals surface area contributed by atoms with Crippen LogP contribution in [-0.4, -0.2) is 22.9 Å². The summed E-state index contributed by atoms with van der Waals surface area (Å²) in [6.07, 6.45) is 6.46. The van der Waals surface area contributed by atoms with Crippen LogP contribution in [0.5, 0.6) is 0 Å². The molecule has 0 unspecified atom stereocenters. The van der Waals surface area contributed by atoms with Crippen LogP contribution in [-0.2, 0) is 11.3 Å². The predicted octanol–water partition coefficient (Wildman–Crippen LogP) is 2.10. The molecule has 0 atom stereocenters. The summed E-state index contributed by atoms with van der Waals surface area (Å²) in [6.45, 7) is 10.3. The first kappa shape index (κ1) is 12.8. The van der Waals surface area contributed by atoms with Gasteiger partial charge in [-0.15, -0.1) is 0 Å². The number of aromatic nitrogens is 2. The van der Waals surface area contributed by atoms with Crippen LogP contribution in [0.3, 0.4) is 0 Å². The average molecular weight is 223 g/mol. The lowest BCUT2D eigenvalue weighted by molar-refractivity contribution is 0.244. The van der Waals surface area contributed by atoms with Crippen molar-refractivity contribution in [2.24, 2.45) is 0 Å². The zero-order chi connectivity index (χ0) is 11.8. The largest absolute Gasteiger partial charge is 0.502 e. The quantitative estimate of drug-likeness (QED) is 0.542. The Hall–Kier alpha value is -1.29. The van der Waals surface area contributed by atoms with E-state index in [0.29, 0.717) is 6.04 Å². The van der Waals surface area contributed by atoms with Crippen LogP contribution in [0.1, 0.15) is 31.9 Å². The maximum atomic E-state index is 5.03. The second-order valence-electron chi connectivity index (χ2n) is 3.99. The van der Waals surface area contributed by atoms with Gasteiger partial charge in [0.25, 0.3) is 0 Å². The Balaban J connectivity index is 2.14. The van der Waals surface area contributed by atoms with Gasteiger partial charge < -0.3 is 10.1 Å². The van der Waals surface area contributed by atoms with Crippen LogP contribution in [0.2, 0.25) is 0 Å². The molecular formula is C12H21N3O. The van der Waals surface area contributed by atoms with Gasteiger partial charge in [-0.05, 0) is 26.8 Å². The van der Waals surface area contributed by atoms with Gasteiger partial charge in [-0.2, -0.15) is 5.10 Å². The van der Waals surface area contributed by atoms with Gasteiger partial charge in [0.05, 0.1) is 19.1 Å². The highest BCUT2D eigenvalue weighted by molar-refractivity contribution is 5.03. The summed E-state index contributed by atoms with van der Waals surface area (Å²) in [4.78, 5) is 0. The van der Waals surface area contributed by atoms with E-state index >= 15 is 0 Å². The highest BCUT2D eigenvalue weighted by Crippen LogP contribution is 2.04. The third-order valence-corrected chi connectivity index (χ3v) is 2.25. The van der Waals surface area contributed by atoms with Crippen LogP contribution in [0.4, 0.5) is 0 Å². The van der Waals surface area contributed by atoms with E-state index in [1.165, 1.54) is 11.8 Å². The summed E-state index contributed by atoms with van der Waals surface area (Å²) in [7, 11) is 0. The smallest absolute Gasteiger partial charge is 0.0885 e. The van der Waals surface area contributed by atoms with Crippen molar-refractivity contribution >= 4 is 0 Å². The second-order valence-corrected chi connectivity index (χ2v) is 3.99. The molecule has 0 bridgehead atoms. The molecule has 0 saturated carbocycles. The van der Waals surface area contributed by atoms with Gasteiger partial charge in [0, 0.05) is 24.3 Å². The van der Waals surface area contributed by atoms with Crippen LogP contribution < -0.4 is 5.32 Å². The molecule has 0 aliphatic rings. The van der Waals surface area contributed by atoms with Crippen LogP contribution in [0, 0.1) is 0 Å². The van der Waals surface area contributed by atoms with Crippen LogP contribution in [0.25, 0.3) is 0 Å². The van der Waals surface area contributed by atoms with Crippen molar-refractivity contribution in [3.63, 3.8) is 0 Å². The molecule has 90 valence electrons. The third kappa shape index (κ3) is 4.49. The number of rotatable bonds is 8. The first-order valence-electron chi connectivity index (χ1n) is 5.70. The van der Waals surface area contributed by atoms with Gasteiger partial charge in [-0.25, -0.2) is 0 Å². The molecule has 1 aromatic heterocycles. The summed E-state index contributed by atoms with van der Waals surface area (Å²) in [6, 6.07) is 0.426. The van der Waals surface area contributed by atoms with Gasteiger partial charge >= 0.3 is 0 Å². The fraction of sp³-hybridized carbons (Fsp3) is 0.583. The van der Waals surface area contributed by atoms with E-state index in [-0.39, 0.29) is 0 Å². The van der Waals surface area contributed by atoms with E-state index in [2.05, 4.69) is 37.0 Å². The van der Waals surface area contributed by atoms with Crippen molar-refractivity contribution in [2.75, 3.05) is 13.2 Å². The number of nitrogens with zero attached hydrogens (tertiary/aromatic N) is 2. The number of ether oxygens (including phenoxy) is 1. The van der Waals surface area contributed by atoms with E-state index < -0.39 is 0 Å². The van der Waals surface area contributed by atoms with Crippen LogP contribution in [0.15, 0.2) is 25.2 Å². The normalized spacial score (nSPS) is 10.7. The maximum Gasteiger partial charge on any atom is 0.0885 e. The molecule has 0 fully saturated rings. The van der Waals surface area contributed by atoms with Gasteiger partial charge in [0.15, 0.2) is 0 Å². The van der Waals surface area contributed by atoms with E-state index in [4.69, 9.17) is 4.74 Å². The maximum absolute atomic E-state index is 5.03. The highest BCUT2D eigenvalue weighted by Gasteiger charge is 2.00. The summed E-state index contributed by atoms with van der Waals surface area (Å²) in [5.74, 6) is 0. The summed E-state index contributed by atoms with van der Waals surface area (Å²) >= 11 is 0. The molecule has 0 spiro atoms. The Morgan fingerprint density at radius 1 is 1.62 bits per heavy atom. The van der Waals surface area contributed by atoms with E-state index in [0.717, 1.165) is 26.1 Å². The van der Waals surface area contributed by atoms with Crippen molar-refractivity contribution < 1.29 is 4.74 Å². The minimum Gasteiger partial charge on any atom is -0.502 e. The molecule has 1 N–H and O–H groups in total. The molecule has 16 heavy (non-hydrogen) atoms. The van der Waals surface area contributed by atoms with E-state index in [1.54, 1.807) is 0 Å². The van der Waals surface area contributed by atoms with E-state index in [9.17, 15) is 0 Å². The van der Waals surface area contributed by atoms with Crippen molar-refractivity contribution in [1.29, 1.82) is 0 Å². The number of hydrogen-bond donors (Lipinski definition) is 1. The van der Waals surface area contributed by atoms with Gasteiger partial charge in [0.2, 0.25) is 0 Å². The Kier molecular flexibility index (Phi) is 5.64. The third-order valence-electron chi connectivity index (χ3n) is 2.25. The average Bonchev–Trinajstić information content (AvgIpc) is 2.72. The highest BCUT2D eigenvalue weighted by atomic mass is 16.5. The molecule has 0 radical (unpaired) electrons. The minimum atomic E-state index is 0.426. The fourth-order valence-corrected chi connectivity index (χ4v) is 1.35. The lowest BCUT2D eigenvalue weighted by atomic mass is 10.3.